The Balaban J connectivity index is 1.16. The first-order valence-electron chi connectivity index (χ1n) is 11.1. The van der Waals surface area contributed by atoms with Crippen LogP contribution in [0.3, 0.4) is 0 Å². The van der Waals surface area contributed by atoms with Gasteiger partial charge < -0.3 is 14.2 Å². The maximum atomic E-state index is 13.0. The fourth-order valence-corrected chi connectivity index (χ4v) is 4.19. The van der Waals surface area contributed by atoms with E-state index in [1.54, 1.807) is 17.1 Å². The van der Waals surface area contributed by atoms with Crippen molar-refractivity contribution in [3.8, 4) is 11.4 Å². The highest BCUT2D eigenvalue weighted by atomic mass is 16.5. The van der Waals surface area contributed by atoms with E-state index in [1.165, 1.54) is 11.9 Å². The predicted molar refractivity (Wildman–Crippen MR) is 121 cm³/mol. The lowest BCUT2D eigenvalue weighted by Gasteiger charge is -2.19. The van der Waals surface area contributed by atoms with Crippen LogP contribution in [-0.2, 0) is 6.61 Å². The summed E-state index contributed by atoms with van der Waals surface area (Å²) >= 11 is 0. The number of hydrogen-bond acceptors (Lipinski definition) is 6. The first-order chi connectivity index (χ1) is 16.3. The summed E-state index contributed by atoms with van der Waals surface area (Å²) < 4.78 is 12.8. The summed E-state index contributed by atoms with van der Waals surface area (Å²) in [6.45, 7) is 1.65. The molecule has 1 saturated heterocycles. The molecule has 33 heavy (non-hydrogen) atoms. The van der Waals surface area contributed by atoms with Crippen molar-refractivity contribution >= 4 is 5.91 Å². The lowest BCUT2D eigenvalue weighted by Crippen LogP contribution is -2.32. The minimum atomic E-state index is -0.0871. The molecule has 0 spiro atoms. The molecule has 2 aromatic carbocycles. The van der Waals surface area contributed by atoms with Crippen LogP contribution in [0.5, 0.6) is 5.75 Å². The molecule has 5 rings (SSSR count). The van der Waals surface area contributed by atoms with E-state index < -0.39 is 0 Å². The molecule has 8 heteroatoms. The molecular weight excluding hydrogens is 418 g/mol. The van der Waals surface area contributed by atoms with E-state index in [2.05, 4.69) is 39.5 Å². The molecule has 0 radical (unpaired) electrons. The zero-order valence-corrected chi connectivity index (χ0v) is 18.2. The molecule has 1 amide bonds. The first kappa shape index (κ1) is 20.9. The highest BCUT2D eigenvalue weighted by Gasteiger charge is 2.24. The van der Waals surface area contributed by atoms with Crippen LogP contribution < -0.4 is 4.74 Å². The van der Waals surface area contributed by atoms with Crippen LogP contribution in [0, 0.1) is 0 Å². The second-order valence-corrected chi connectivity index (χ2v) is 8.13. The Morgan fingerprint density at radius 1 is 1.06 bits per heavy atom. The van der Waals surface area contributed by atoms with E-state index in [1.807, 2.05) is 35.2 Å². The van der Waals surface area contributed by atoms with Crippen LogP contribution in [0.2, 0.25) is 0 Å². The standard InChI is InChI=1S/C25H25N5O3/c31-25(29-13-4-7-20(12-14-29)19-5-2-1-3-6-19)24-15-23(33-28-24)16-32-22-10-8-21(9-11-22)30-18-26-17-27-30/h1-3,5-6,8-11,15,17-18,20H,4,7,12-14,16H2. The lowest BCUT2D eigenvalue weighted by molar-refractivity contribution is 0.0750. The van der Waals surface area contributed by atoms with E-state index >= 15 is 0 Å². The average molecular weight is 444 g/mol. The Kier molecular flexibility index (Phi) is 6.14. The van der Waals surface area contributed by atoms with Gasteiger partial charge in [-0.3, -0.25) is 4.79 Å². The predicted octanol–water partition coefficient (Wildman–Crippen LogP) is 4.24. The minimum absolute atomic E-state index is 0.0871. The van der Waals surface area contributed by atoms with Crippen molar-refractivity contribution in [2.75, 3.05) is 13.1 Å². The average Bonchev–Trinajstić information content (AvgIpc) is 3.51. The molecule has 0 aliphatic carbocycles. The smallest absolute Gasteiger partial charge is 0.276 e. The highest BCUT2D eigenvalue weighted by molar-refractivity contribution is 5.92. The molecular formula is C25H25N5O3. The molecule has 0 N–H and O–H groups in total. The second-order valence-electron chi connectivity index (χ2n) is 8.13. The Morgan fingerprint density at radius 2 is 1.91 bits per heavy atom. The van der Waals surface area contributed by atoms with Gasteiger partial charge >= 0.3 is 0 Å². The topological polar surface area (TPSA) is 86.3 Å². The van der Waals surface area contributed by atoms with E-state index in [0.717, 1.165) is 38.0 Å². The van der Waals surface area contributed by atoms with Crippen LogP contribution in [0.25, 0.3) is 5.69 Å². The number of carbonyl (C=O) groups is 1. The van der Waals surface area contributed by atoms with Gasteiger partial charge in [-0.2, -0.15) is 5.10 Å². The second kappa shape index (κ2) is 9.68. The van der Waals surface area contributed by atoms with Crippen molar-refractivity contribution < 1.29 is 14.1 Å². The van der Waals surface area contributed by atoms with Crippen molar-refractivity contribution in [3.05, 3.63) is 90.3 Å². The molecule has 0 bridgehead atoms. The minimum Gasteiger partial charge on any atom is -0.486 e. The molecule has 1 aliphatic heterocycles. The summed E-state index contributed by atoms with van der Waals surface area (Å²) in [5.41, 5.74) is 2.56. The Bertz CT molecular complexity index is 1170. The van der Waals surface area contributed by atoms with Crippen LogP contribution in [-0.4, -0.2) is 43.8 Å². The number of amides is 1. The normalized spacial score (nSPS) is 16.4. The molecule has 0 saturated carbocycles. The van der Waals surface area contributed by atoms with E-state index in [0.29, 0.717) is 23.1 Å². The third-order valence-electron chi connectivity index (χ3n) is 5.97. The van der Waals surface area contributed by atoms with Crippen LogP contribution >= 0.6 is 0 Å². The maximum Gasteiger partial charge on any atom is 0.276 e. The van der Waals surface area contributed by atoms with Gasteiger partial charge in [0, 0.05) is 19.2 Å². The van der Waals surface area contributed by atoms with E-state index in [4.69, 9.17) is 9.26 Å². The summed E-state index contributed by atoms with van der Waals surface area (Å²) in [7, 11) is 0. The molecule has 1 unspecified atom stereocenters. The van der Waals surface area contributed by atoms with Crippen molar-refractivity contribution in [1.82, 2.24) is 24.8 Å². The highest BCUT2D eigenvalue weighted by Crippen LogP contribution is 2.28. The van der Waals surface area contributed by atoms with Gasteiger partial charge in [0.25, 0.3) is 5.91 Å². The maximum absolute atomic E-state index is 13.0. The number of rotatable bonds is 6. The van der Waals surface area contributed by atoms with Gasteiger partial charge in [0.05, 0.1) is 5.69 Å². The van der Waals surface area contributed by atoms with Gasteiger partial charge in [0.1, 0.15) is 25.0 Å². The molecule has 1 atom stereocenters. The summed E-state index contributed by atoms with van der Waals surface area (Å²) in [4.78, 5) is 18.8. The zero-order chi connectivity index (χ0) is 22.5. The Labute approximate surface area is 191 Å². The molecule has 4 aromatic rings. The largest absolute Gasteiger partial charge is 0.486 e. The zero-order valence-electron chi connectivity index (χ0n) is 18.2. The van der Waals surface area contributed by atoms with Gasteiger partial charge in [0.2, 0.25) is 0 Å². The fraction of sp³-hybridized carbons (Fsp3) is 0.280. The van der Waals surface area contributed by atoms with Gasteiger partial charge in [-0.1, -0.05) is 35.5 Å². The van der Waals surface area contributed by atoms with Crippen molar-refractivity contribution in [1.29, 1.82) is 0 Å². The van der Waals surface area contributed by atoms with E-state index in [-0.39, 0.29) is 12.5 Å². The third kappa shape index (κ3) is 4.95. The van der Waals surface area contributed by atoms with Crippen molar-refractivity contribution in [3.63, 3.8) is 0 Å². The number of hydrogen-bond donors (Lipinski definition) is 0. The SMILES string of the molecule is O=C(c1cc(COc2ccc(-n3cncn3)cc2)on1)N1CCCC(c2ccccc2)CC1. The number of nitrogens with zero attached hydrogens (tertiary/aromatic N) is 5. The summed E-state index contributed by atoms with van der Waals surface area (Å²) in [6.07, 6.45) is 6.13. The Hall–Kier alpha value is -3.94. The van der Waals surface area contributed by atoms with Crippen molar-refractivity contribution in [2.45, 2.75) is 31.8 Å². The third-order valence-corrected chi connectivity index (χ3v) is 5.97. The number of ether oxygens (including phenoxy) is 1. The number of carbonyl (C=O) groups excluding carboxylic acids is 1. The number of benzene rings is 2. The summed E-state index contributed by atoms with van der Waals surface area (Å²) in [5, 5.41) is 8.09. The van der Waals surface area contributed by atoms with Crippen molar-refractivity contribution in [2.24, 2.45) is 0 Å². The molecule has 3 heterocycles. The van der Waals surface area contributed by atoms with Gasteiger partial charge in [-0.15, -0.1) is 0 Å². The quantitative estimate of drug-likeness (QED) is 0.443. The number of likely N-dealkylation sites (tertiary alicyclic amines) is 1. The molecule has 2 aromatic heterocycles. The first-order valence-corrected chi connectivity index (χ1v) is 11.1. The van der Waals surface area contributed by atoms with Crippen LogP contribution in [0.15, 0.2) is 77.8 Å². The molecule has 1 fully saturated rings. The van der Waals surface area contributed by atoms with Gasteiger partial charge in [-0.25, -0.2) is 9.67 Å². The fourth-order valence-electron chi connectivity index (χ4n) is 4.19. The summed E-state index contributed by atoms with van der Waals surface area (Å²) in [5.74, 6) is 1.59. The van der Waals surface area contributed by atoms with Crippen LogP contribution in [0.4, 0.5) is 0 Å². The van der Waals surface area contributed by atoms with Gasteiger partial charge in [0.15, 0.2) is 11.5 Å². The Morgan fingerprint density at radius 3 is 2.70 bits per heavy atom. The molecule has 8 nitrogen and oxygen atoms in total. The lowest BCUT2D eigenvalue weighted by atomic mass is 9.92. The van der Waals surface area contributed by atoms with E-state index in [9.17, 15) is 4.79 Å². The number of aromatic nitrogens is 4. The van der Waals surface area contributed by atoms with Gasteiger partial charge in [-0.05, 0) is 55.0 Å². The summed E-state index contributed by atoms with van der Waals surface area (Å²) in [6, 6.07) is 19.7. The van der Waals surface area contributed by atoms with Crippen LogP contribution in [0.1, 0.15) is 47.0 Å². The monoisotopic (exact) mass is 443 g/mol. The molecule has 168 valence electrons. The molecule has 1 aliphatic rings.